The van der Waals surface area contributed by atoms with Crippen molar-refractivity contribution in [3.05, 3.63) is 58.9 Å². The molecule has 0 atom stereocenters. The van der Waals surface area contributed by atoms with Gasteiger partial charge in [-0.3, -0.25) is 0 Å². The second kappa shape index (κ2) is 4.93. The van der Waals surface area contributed by atoms with Crippen LogP contribution in [0.4, 0.5) is 37.7 Å². The van der Waals surface area contributed by atoms with Crippen LogP contribution in [0.3, 0.4) is 0 Å². The van der Waals surface area contributed by atoms with Crippen LogP contribution in [0.25, 0.3) is 0 Å². The molecule has 0 bridgehead atoms. The number of para-hydroxylation sites is 1. The van der Waals surface area contributed by atoms with Crippen LogP contribution in [0.5, 0.6) is 0 Å². The van der Waals surface area contributed by atoms with Gasteiger partial charge in [-0.05, 0) is 18.1 Å². The van der Waals surface area contributed by atoms with Crippen molar-refractivity contribution >= 4 is 11.4 Å². The molecule has 1 aliphatic heterocycles. The van der Waals surface area contributed by atoms with Gasteiger partial charge in [0.15, 0.2) is 17.5 Å². The number of halogens is 6. The van der Waals surface area contributed by atoms with Crippen LogP contribution in [-0.2, 0) is 12.6 Å². The van der Waals surface area contributed by atoms with Gasteiger partial charge in [0.2, 0.25) is 0 Å². The van der Waals surface area contributed by atoms with Crippen LogP contribution in [-0.4, -0.2) is 6.54 Å². The molecule has 7 heteroatoms. The zero-order chi connectivity index (χ0) is 16.1. The second-order valence-electron chi connectivity index (χ2n) is 4.91. The monoisotopic (exact) mass is 317 g/mol. The first kappa shape index (κ1) is 14.7. The summed E-state index contributed by atoms with van der Waals surface area (Å²) in [4.78, 5) is 1.22. The Morgan fingerprint density at radius 2 is 1.59 bits per heavy atom. The van der Waals surface area contributed by atoms with Crippen LogP contribution in [0.1, 0.15) is 11.1 Å². The molecule has 0 spiro atoms. The molecule has 22 heavy (non-hydrogen) atoms. The highest BCUT2D eigenvalue weighted by molar-refractivity contribution is 5.71. The van der Waals surface area contributed by atoms with E-state index in [0.29, 0.717) is 18.2 Å². The average Bonchev–Trinajstić information content (AvgIpc) is 2.85. The Kier molecular flexibility index (Phi) is 3.30. The first-order chi connectivity index (χ1) is 10.3. The molecule has 0 unspecified atom stereocenters. The maximum atomic E-state index is 14.2. The molecule has 0 amide bonds. The first-order valence-electron chi connectivity index (χ1n) is 6.41. The van der Waals surface area contributed by atoms with Gasteiger partial charge >= 0.3 is 6.18 Å². The van der Waals surface area contributed by atoms with E-state index in [4.69, 9.17) is 0 Å². The standard InChI is InChI=1S/C15H9F6N/c16-9-7-11(14(18)12(13(9)17)15(19,20)21)22-6-5-8-3-1-2-4-10(8)22/h1-4,7H,5-6H2. The zero-order valence-electron chi connectivity index (χ0n) is 11.0. The fourth-order valence-electron chi connectivity index (χ4n) is 2.62. The summed E-state index contributed by atoms with van der Waals surface area (Å²) in [5.41, 5.74) is -1.52. The molecular weight excluding hydrogens is 308 g/mol. The molecule has 0 aliphatic carbocycles. The van der Waals surface area contributed by atoms with Crippen molar-refractivity contribution in [1.29, 1.82) is 0 Å². The third-order valence-corrected chi connectivity index (χ3v) is 3.60. The van der Waals surface area contributed by atoms with Crippen LogP contribution < -0.4 is 4.90 Å². The molecule has 1 aliphatic rings. The van der Waals surface area contributed by atoms with E-state index >= 15 is 0 Å². The Balaban J connectivity index is 2.20. The van der Waals surface area contributed by atoms with Crippen LogP contribution in [0.2, 0.25) is 0 Å². The lowest BCUT2D eigenvalue weighted by Crippen LogP contribution is -2.20. The lowest BCUT2D eigenvalue weighted by Gasteiger charge is -2.22. The number of rotatable bonds is 1. The zero-order valence-corrected chi connectivity index (χ0v) is 11.0. The van der Waals surface area contributed by atoms with Crippen molar-refractivity contribution in [3.63, 3.8) is 0 Å². The minimum atomic E-state index is -5.32. The molecule has 3 rings (SSSR count). The maximum Gasteiger partial charge on any atom is 0.422 e. The van der Waals surface area contributed by atoms with Crippen molar-refractivity contribution < 1.29 is 26.3 Å². The summed E-state index contributed by atoms with van der Waals surface area (Å²) >= 11 is 0. The number of hydrogen-bond acceptors (Lipinski definition) is 1. The maximum absolute atomic E-state index is 14.2. The molecule has 116 valence electrons. The molecule has 0 aromatic heterocycles. The number of nitrogens with zero attached hydrogens (tertiary/aromatic N) is 1. The Morgan fingerprint density at radius 1 is 0.909 bits per heavy atom. The van der Waals surface area contributed by atoms with Gasteiger partial charge in [0.05, 0.1) is 5.69 Å². The highest BCUT2D eigenvalue weighted by Gasteiger charge is 2.41. The van der Waals surface area contributed by atoms with Crippen molar-refractivity contribution in [2.45, 2.75) is 12.6 Å². The normalized spacial score (nSPS) is 14.4. The molecule has 2 aromatic carbocycles. The van der Waals surface area contributed by atoms with E-state index in [0.717, 1.165) is 5.56 Å². The molecular formula is C15H9F6N. The predicted octanol–water partition coefficient (Wildman–Crippen LogP) is 4.82. The smallest absolute Gasteiger partial charge is 0.338 e. The van der Waals surface area contributed by atoms with Gasteiger partial charge in [-0.1, -0.05) is 18.2 Å². The molecule has 0 N–H and O–H groups in total. The van der Waals surface area contributed by atoms with Gasteiger partial charge in [-0.2, -0.15) is 13.2 Å². The fourth-order valence-corrected chi connectivity index (χ4v) is 2.62. The van der Waals surface area contributed by atoms with Gasteiger partial charge in [0, 0.05) is 18.3 Å². The lowest BCUT2D eigenvalue weighted by atomic mass is 10.1. The summed E-state index contributed by atoms with van der Waals surface area (Å²) in [6.45, 7) is 0.193. The fraction of sp³-hybridized carbons (Fsp3) is 0.200. The predicted molar refractivity (Wildman–Crippen MR) is 68.5 cm³/mol. The number of anilines is 2. The van der Waals surface area contributed by atoms with Crippen molar-refractivity contribution in [2.24, 2.45) is 0 Å². The van der Waals surface area contributed by atoms with Gasteiger partial charge < -0.3 is 4.90 Å². The molecule has 0 saturated carbocycles. The molecule has 0 fully saturated rings. The van der Waals surface area contributed by atoms with E-state index in [9.17, 15) is 26.3 Å². The van der Waals surface area contributed by atoms with Crippen LogP contribution >= 0.6 is 0 Å². The summed E-state index contributed by atoms with van der Waals surface area (Å²) in [5, 5.41) is 0. The molecule has 0 saturated heterocycles. The minimum Gasteiger partial charge on any atom is -0.338 e. The van der Waals surface area contributed by atoms with E-state index in [-0.39, 0.29) is 6.54 Å². The molecule has 1 heterocycles. The largest absolute Gasteiger partial charge is 0.422 e. The third-order valence-electron chi connectivity index (χ3n) is 3.60. The minimum absolute atomic E-state index is 0.193. The van der Waals surface area contributed by atoms with E-state index in [2.05, 4.69) is 0 Å². The van der Waals surface area contributed by atoms with Crippen molar-refractivity contribution in [1.82, 2.24) is 0 Å². The highest BCUT2D eigenvalue weighted by Crippen LogP contribution is 2.42. The number of alkyl halides is 3. The topological polar surface area (TPSA) is 3.24 Å². The van der Waals surface area contributed by atoms with Gasteiger partial charge in [0.25, 0.3) is 0 Å². The Bertz CT molecular complexity index is 738. The third kappa shape index (κ3) is 2.20. The SMILES string of the molecule is Fc1cc(N2CCc3ccccc32)c(F)c(C(F)(F)F)c1F. The van der Waals surface area contributed by atoms with Gasteiger partial charge in [0.1, 0.15) is 5.56 Å². The van der Waals surface area contributed by atoms with E-state index in [1.54, 1.807) is 24.3 Å². The summed E-state index contributed by atoms with van der Waals surface area (Å²) in [6.07, 6.45) is -4.83. The number of fused-ring (bicyclic) bond motifs is 1. The highest BCUT2D eigenvalue weighted by atomic mass is 19.4. The second-order valence-corrected chi connectivity index (χ2v) is 4.91. The Labute approximate surface area is 121 Å². The summed E-state index contributed by atoms with van der Waals surface area (Å²) in [6, 6.07) is 7.18. The van der Waals surface area contributed by atoms with Crippen molar-refractivity contribution in [2.75, 3.05) is 11.4 Å². The molecule has 2 aromatic rings. The molecule has 1 nitrogen and oxygen atoms in total. The van der Waals surface area contributed by atoms with Gasteiger partial charge in [-0.15, -0.1) is 0 Å². The summed E-state index contributed by atoms with van der Waals surface area (Å²) in [7, 11) is 0. The summed E-state index contributed by atoms with van der Waals surface area (Å²) < 4.78 is 79.4. The van der Waals surface area contributed by atoms with Gasteiger partial charge in [-0.25, -0.2) is 13.2 Å². The summed E-state index contributed by atoms with van der Waals surface area (Å²) in [5.74, 6) is -5.75. The van der Waals surface area contributed by atoms with E-state index in [1.807, 2.05) is 0 Å². The van der Waals surface area contributed by atoms with Crippen molar-refractivity contribution in [3.8, 4) is 0 Å². The average molecular weight is 317 g/mol. The number of benzene rings is 2. The van der Waals surface area contributed by atoms with E-state index < -0.39 is 34.9 Å². The Hall–Kier alpha value is -2.18. The van der Waals surface area contributed by atoms with Crippen LogP contribution in [0, 0.1) is 17.5 Å². The Morgan fingerprint density at radius 3 is 2.27 bits per heavy atom. The quantitative estimate of drug-likeness (QED) is 0.538. The molecule has 0 radical (unpaired) electrons. The van der Waals surface area contributed by atoms with Crippen LogP contribution in [0.15, 0.2) is 30.3 Å². The van der Waals surface area contributed by atoms with E-state index in [1.165, 1.54) is 4.90 Å². The number of hydrogen-bond donors (Lipinski definition) is 0. The first-order valence-corrected chi connectivity index (χ1v) is 6.41. The lowest BCUT2D eigenvalue weighted by molar-refractivity contribution is -0.142.